The summed E-state index contributed by atoms with van der Waals surface area (Å²) >= 11 is 6.18. The van der Waals surface area contributed by atoms with Crippen LogP contribution in [-0.2, 0) is 0 Å². The third-order valence-corrected chi connectivity index (χ3v) is 10.1. The molecule has 0 heterocycles. The molecule has 2 radical (unpaired) electrons. The number of halogens is 1. The molecular formula is C21H33ClNPSi. The minimum atomic E-state index is 0.351. The van der Waals surface area contributed by atoms with E-state index >= 15 is 0 Å². The summed E-state index contributed by atoms with van der Waals surface area (Å²) in [4.78, 5) is 0. The highest BCUT2D eigenvalue weighted by atomic mass is 35.5. The first kappa shape index (κ1) is 19.9. The van der Waals surface area contributed by atoms with Crippen LogP contribution in [0.5, 0.6) is 0 Å². The molecule has 0 saturated heterocycles. The van der Waals surface area contributed by atoms with Gasteiger partial charge in [-0.05, 0) is 57.6 Å². The van der Waals surface area contributed by atoms with Crippen molar-refractivity contribution in [1.82, 2.24) is 5.09 Å². The molecule has 1 atom stereocenters. The first-order valence-electron chi connectivity index (χ1n) is 10.2. The summed E-state index contributed by atoms with van der Waals surface area (Å²) in [6.45, 7) is 0. The van der Waals surface area contributed by atoms with Crippen LogP contribution in [0.1, 0.15) is 64.2 Å². The molecule has 25 heavy (non-hydrogen) atoms. The van der Waals surface area contributed by atoms with Gasteiger partial charge in [-0.2, -0.15) is 0 Å². The third-order valence-electron chi connectivity index (χ3n) is 6.20. The zero-order valence-corrected chi connectivity index (χ0v) is 18.2. The zero-order valence-electron chi connectivity index (χ0n) is 15.4. The van der Waals surface area contributed by atoms with E-state index in [-0.39, 0.29) is 0 Å². The van der Waals surface area contributed by atoms with Crippen LogP contribution in [0.2, 0.25) is 6.04 Å². The van der Waals surface area contributed by atoms with E-state index in [9.17, 15) is 0 Å². The van der Waals surface area contributed by atoms with E-state index in [0.717, 1.165) is 36.0 Å². The molecule has 0 aliphatic heterocycles. The van der Waals surface area contributed by atoms with E-state index in [1.807, 2.05) is 0 Å². The van der Waals surface area contributed by atoms with Crippen LogP contribution < -0.4 is 10.4 Å². The normalized spacial score (nSPS) is 21.2. The van der Waals surface area contributed by atoms with E-state index in [0.29, 0.717) is 5.16 Å². The second kappa shape index (κ2) is 10.5. The Labute approximate surface area is 163 Å². The SMILES string of the molecule is ClCC[Si]C(NPc1ccccc1)(C1CCCCC1)C1CCCCC1. The second-order valence-electron chi connectivity index (χ2n) is 7.77. The summed E-state index contributed by atoms with van der Waals surface area (Å²) in [6.07, 6.45) is 14.3. The van der Waals surface area contributed by atoms with E-state index in [1.54, 1.807) is 0 Å². The van der Waals surface area contributed by atoms with E-state index < -0.39 is 0 Å². The Morgan fingerprint density at radius 2 is 1.48 bits per heavy atom. The average Bonchev–Trinajstić information content (AvgIpc) is 2.71. The molecule has 138 valence electrons. The third kappa shape index (κ3) is 5.31. The Hall–Kier alpha value is 0.117. The molecule has 0 spiro atoms. The van der Waals surface area contributed by atoms with Crippen LogP contribution in [0.25, 0.3) is 0 Å². The monoisotopic (exact) mass is 393 g/mol. The predicted molar refractivity (Wildman–Crippen MR) is 115 cm³/mol. The van der Waals surface area contributed by atoms with Gasteiger partial charge in [-0.15, -0.1) is 11.6 Å². The van der Waals surface area contributed by atoms with Gasteiger partial charge in [0.25, 0.3) is 0 Å². The molecule has 1 aromatic carbocycles. The quantitative estimate of drug-likeness (QED) is 0.338. The fourth-order valence-electron chi connectivity index (χ4n) is 4.94. The molecule has 1 nitrogen and oxygen atoms in total. The van der Waals surface area contributed by atoms with Crippen molar-refractivity contribution in [1.29, 1.82) is 0 Å². The standard InChI is InChI=1S/C21H33ClNPSi/c22-16-17-25-21(18-10-4-1-5-11-18,19-12-6-2-7-13-19)23-24-20-14-8-3-9-15-20/h3,8-9,14-15,18-19,23-24H,1-2,4-7,10-13,16-17H2. The first-order valence-corrected chi connectivity index (χ1v) is 13.0. The first-order chi connectivity index (χ1) is 12.3. The summed E-state index contributed by atoms with van der Waals surface area (Å²) in [5.74, 6) is 2.54. The molecule has 3 rings (SSSR count). The fourth-order valence-corrected chi connectivity index (χ4v) is 8.54. The van der Waals surface area contributed by atoms with Gasteiger partial charge in [0.05, 0.1) is 9.52 Å². The molecule has 2 fully saturated rings. The number of alkyl halides is 1. The van der Waals surface area contributed by atoms with E-state index in [4.69, 9.17) is 11.6 Å². The number of hydrogen-bond acceptors (Lipinski definition) is 1. The lowest BCUT2D eigenvalue weighted by Crippen LogP contribution is -2.59. The van der Waals surface area contributed by atoms with Gasteiger partial charge >= 0.3 is 0 Å². The van der Waals surface area contributed by atoms with Crippen LogP contribution in [-0.4, -0.2) is 20.6 Å². The molecular weight excluding hydrogens is 361 g/mol. The number of rotatable bonds is 8. The van der Waals surface area contributed by atoms with Crippen LogP contribution >= 0.6 is 20.3 Å². The molecule has 0 bridgehead atoms. The summed E-state index contributed by atoms with van der Waals surface area (Å²) in [7, 11) is 1.70. The Balaban J connectivity index is 1.82. The molecule has 4 heteroatoms. The Morgan fingerprint density at radius 3 is 2.00 bits per heavy atom. The smallest absolute Gasteiger partial charge is 0.0677 e. The number of benzene rings is 1. The van der Waals surface area contributed by atoms with Crippen molar-refractivity contribution < 1.29 is 0 Å². The number of hydrogen-bond donors (Lipinski definition) is 1. The zero-order chi connectivity index (χ0) is 17.4. The Bertz CT molecular complexity index is 468. The highest BCUT2D eigenvalue weighted by Gasteiger charge is 2.45. The molecule has 0 amide bonds. The molecule has 2 aliphatic carbocycles. The summed E-state index contributed by atoms with van der Waals surface area (Å²) in [6, 6.07) is 12.2. The predicted octanol–water partition coefficient (Wildman–Crippen LogP) is 5.71. The van der Waals surface area contributed by atoms with Gasteiger partial charge in [-0.25, -0.2) is 0 Å². The van der Waals surface area contributed by atoms with Gasteiger partial charge in [0.2, 0.25) is 0 Å². The summed E-state index contributed by atoms with van der Waals surface area (Å²) < 4.78 is 0. The second-order valence-corrected chi connectivity index (χ2v) is 10.9. The van der Waals surface area contributed by atoms with Gasteiger partial charge < -0.3 is 0 Å². The van der Waals surface area contributed by atoms with Crippen molar-refractivity contribution in [2.24, 2.45) is 11.8 Å². The highest BCUT2D eigenvalue weighted by molar-refractivity contribution is 7.45. The van der Waals surface area contributed by atoms with Crippen LogP contribution in [0, 0.1) is 11.8 Å². The fraction of sp³-hybridized carbons (Fsp3) is 0.714. The molecule has 1 N–H and O–H groups in total. The lowest BCUT2D eigenvalue weighted by atomic mass is 9.73. The van der Waals surface area contributed by atoms with Gasteiger partial charge in [-0.1, -0.05) is 68.9 Å². The van der Waals surface area contributed by atoms with E-state index in [2.05, 4.69) is 35.4 Å². The molecule has 1 aromatic rings. The maximum absolute atomic E-state index is 6.18. The van der Waals surface area contributed by atoms with Crippen molar-refractivity contribution in [2.75, 3.05) is 5.88 Å². The van der Waals surface area contributed by atoms with Crippen LogP contribution in [0.4, 0.5) is 0 Å². The van der Waals surface area contributed by atoms with Crippen molar-refractivity contribution in [3.63, 3.8) is 0 Å². The lowest BCUT2D eigenvalue weighted by Gasteiger charge is -2.50. The van der Waals surface area contributed by atoms with Gasteiger partial charge in [0.15, 0.2) is 0 Å². The highest BCUT2D eigenvalue weighted by Crippen LogP contribution is 2.44. The largest absolute Gasteiger partial charge is 0.291 e. The van der Waals surface area contributed by atoms with Crippen molar-refractivity contribution in [3.8, 4) is 0 Å². The van der Waals surface area contributed by atoms with Crippen LogP contribution in [0.15, 0.2) is 30.3 Å². The van der Waals surface area contributed by atoms with Crippen molar-refractivity contribution >= 4 is 35.2 Å². The average molecular weight is 394 g/mol. The van der Waals surface area contributed by atoms with Crippen molar-refractivity contribution in [3.05, 3.63) is 30.3 Å². The summed E-state index contributed by atoms with van der Waals surface area (Å²) in [5.41, 5.74) is 0. The molecule has 2 aliphatic rings. The van der Waals surface area contributed by atoms with E-state index in [1.165, 1.54) is 75.6 Å². The lowest BCUT2D eigenvalue weighted by molar-refractivity contribution is 0.157. The molecule has 1 unspecified atom stereocenters. The molecule has 0 aromatic heterocycles. The summed E-state index contributed by atoms with van der Waals surface area (Å²) in [5, 5.41) is 6.01. The van der Waals surface area contributed by atoms with Crippen LogP contribution in [0.3, 0.4) is 0 Å². The minimum absolute atomic E-state index is 0.351. The Morgan fingerprint density at radius 1 is 0.920 bits per heavy atom. The maximum atomic E-state index is 6.18. The molecule has 2 saturated carbocycles. The van der Waals surface area contributed by atoms with Gasteiger partial charge in [0.1, 0.15) is 0 Å². The number of nitrogens with one attached hydrogen (secondary N) is 1. The van der Waals surface area contributed by atoms with Gasteiger partial charge in [-0.3, -0.25) is 5.09 Å². The topological polar surface area (TPSA) is 12.0 Å². The minimum Gasteiger partial charge on any atom is -0.291 e. The van der Waals surface area contributed by atoms with Gasteiger partial charge in [0, 0.05) is 11.0 Å². The maximum Gasteiger partial charge on any atom is 0.0677 e. The van der Waals surface area contributed by atoms with Crippen molar-refractivity contribution in [2.45, 2.75) is 75.4 Å². The Kier molecular flexibility index (Phi) is 8.30.